The summed E-state index contributed by atoms with van der Waals surface area (Å²) in [6.45, 7) is 4.48. The maximum absolute atomic E-state index is 9.49. The topological polar surface area (TPSA) is 103 Å². The Bertz CT molecular complexity index is 144. The van der Waals surface area contributed by atoms with Crippen molar-refractivity contribution in [3.63, 3.8) is 0 Å². The van der Waals surface area contributed by atoms with Gasteiger partial charge in [0.05, 0.1) is 5.97 Å². The van der Waals surface area contributed by atoms with E-state index in [4.69, 9.17) is 13.3 Å². The molecule has 0 radical (unpaired) electrons. The number of aliphatic carboxylic acids is 1. The van der Waals surface area contributed by atoms with Gasteiger partial charge < -0.3 is 19.0 Å². The van der Waals surface area contributed by atoms with E-state index in [9.17, 15) is 9.90 Å². The van der Waals surface area contributed by atoms with Crippen LogP contribution in [0.1, 0.15) is 6.92 Å². The third-order valence-electron chi connectivity index (χ3n) is 0.348. The quantitative estimate of drug-likeness (QED) is 0.243. The molecule has 0 aliphatic heterocycles. The van der Waals surface area contributed by atoms with Crippen LogP contribution in [0.5, 0.6) is 0 Å². The van der Waals surface area contributed by atoms with Gasteiger partial charge in [0.15, 0.2) is 0 Å². The normalized spacial score (nSPS) is 6.67. The van der Waals surface area contributed by atoms with Crippen molar-refractivity contribution in [3.05, 3.63) is 12.2 Å². The molecule has 0 saturated carbocycles. The summed E-state index contributed by atoms with van der Waals surface area (Å²) in [6, 6.07) is 0. The molecule has 0 aliphatic carbocycles. The minimum absolute atomic E-state index is 0. The van der Waals surface area contributed by atoms with Crippen molar-refractivity contribution in [2.24, 2.45) is 0 Å². The number of carbonyl (C=O) groups excluding carboxylic acids is 1. The molecule has 0 rings (SSSR count). The molecule has 0 fully saturated rings. The smallest absolute Gasteiger partial charge is 0.784 e. The first kappa shape index (κ1) is 23.3. The summed E-state index contributed by atoms with van der Waals surface area (Å²) in [5.74, 6) is -1.19. The average Bonchev–Trinajstić information content (AvgIpc) is 1.63. The van der Waals surface area contributed by atoms with Crippen LogP contribution in [-0.2, 0) is 16.2 Å². The second-order valence-electron chi connectivity index (χ2n) is 1.27. The molecule has 0 spiro atoms. The van der Waals surface area contributed by atoms with Crippen molar-refractivity contribution in [1.82, 2.24) is 0 Å². The number of hydrogen-bond acceptors (Lipinski definition) is 5. The van der Waals surface area contributed by atoms with E-state index in [1.165, 1.54) is 6.92 Å². The van der Waals surface area contributed by atoms with Crippen molar-refractivity contribution < 1.29 is 82.3 Å². The first-order valence-corrected chi connectivity index (χ1v) is 3.01. The monoisotopic (exact) mass is 211 g/mol. The molecule has 0 bridgehead atoms. The van der Waals surface area contributed by atoms with Gasteiger partial charge in [-0.05, 0) is 12.5 Å². The largest absolute Gasteiger partial charge is 1.00 e. The molecule has 0 atom stereocenters. The third-order valence-corrected chi connectivity index (χ3v) is 0.348. The Kier molecular flexibility index (Phi) is 28.7. The number of carboxylic acid groups (broad SMARTS) is 1. The van der Waals surface area contributed by atoms with Crippen LogP contribution in [0.15, 0.2) is 12.2 Å². The molecule has 0 aromatic carbocycles. The second-order valence-corrected chi connectivity index (χ2v) is 1.68. The van der Waals surface area contributed by atoms with Gasteiger partial charge in [-0.3, -0.25) is 4.21 Å². The second kappa shape index (κ2) is 14.8. The Morgan fingerprint density at radius 3 is 1.42 bits per heavy atom. The molecular weight excluding hydrogens is 206 g/mol. The van der Waals surface area contributed by atoms with E-state index < -0.39 is 17.3 Å². The molecule has 0 amide bonds. The van der Waals surface area contributed by atoms with Gasteiger partial charge in [0.1, 0.15) is 0 Å². The molecule has 0 heterocycles. The summed E-state index contributed by atoms with van der Waals surface area (Å²) < 4.78 is 25.3. The van der Waals surface area contributed by atoms with E-state index >= 15 is 0 Å². The van der Waals surface area contributed by atoms with Crippen molar-refractivity contribution in [2.75, 3.05) is 0 Å². The van der Waals surface area contributed by atoms with Crippen molar-refractivity contribution in [2.45, 2.75) is 6.92 Å². The standard InChI is InChI=1S/C4H6O2.2Na.H2O3S/c1-3(2)4(5)6;;;1-4(2)3/h1H2,2H3,(H,5,6);;;(H2,1,2,3)/q;2*+1;/p-3. The van der Waals surface area contributed by atoms with Crippen LogP contribution < -0.4 is 64.2 Å². The van der Waals surface area contributed by atoms with Gasteiger partial charge in [0.25, 0.3) is 0 Å². The van der Waals surface area contributed by atoms with Crippen molar-refractivity contribution in [3.8, 4) is 0 Å². The summed E-state index contributed by atoms with van der Waals surface area (Å²) in [6.07, 6.45) is 0. The Morgan fingerprint density at radius 1 is 1.33 bits per heavy atom. The van der Waals surface area contributed by atoms with E-state index in [1.807, 2.05) is 0 Å². The van der Waals surface area contributed by atoms with Crippen molar-refractivity contribution >= 4 is 17.3 Å². The SMILES string of the molecule is C=C(C)C(=O)[O-].O=S([O-])[O-].[Na+].[Na+]. The molecule has 0 aliphatic rings. The van der Waals surface area contributed by atoms with Crippen LogP contribution in [0, 0.1) is 0 Å². The predicted molar refractivity (Wildman–Crippen MR) is 29.5 cm³/mol. The van der Waals surface area contributed by atoms with Crippen LogP contribution in [0.25, 0.3) is 0 Å². The number of carboxylic acids is 1. The van der Waals surface area contributed by atoms with Gasteiger partial charge in [0, 0.05) is 0 Å². The molecule has 0 N–H and O–H groups in total. The van der Waals surface area contributed by atoms with Crippen molar-refractivity contribution in [1.29, 1.82) is 0 Å². The van der Waals surface area contributed by atoms with E-state index in [0.29, 0.717) is 0 Å². The van der Waals surface area contributed by atoms with Crippen LogP contribution in [0.2, 0.25) is 0 Å². The van der Waals surface area contributed by atoms with Gasteiger partial charge in [0.2, 0.25) is 0 Å². The van der Waals surface area contributed by atoms with Gasteiger partial charge in [-0.2, -0.15) is 0 Å². The Balaban J connectivity index is -0.0000000483. The Hall–Kier alpha value is 1.28. The molecule has 60 valence electrons. The molecule has 0 saturated heterocycles. The zero-order valence-corrected chi connectivity index (χ0v) is 12.0. The summed E-state index contributed by atoms with van der Waals surface area (Å²) in [4.78, 5) is 9.49. The zero-order valence-electron chi connectivity index (χ0n) is 7.16. The third kappa shape index (κ3) is 42.8. The van der Waals surface area contributed by atoms with E-state index in [1.54, 1.807) is 0 Å². The Morgan fingerprint density at radius 2 is 1.42 bits per heavy atom. The molecule has 8 heteroatoms. The van der Waals surface area contributed by atoms with Gasteiger partial charge >= 0.3 is 59.1 Å². The molecule has 0 aromatic heterocycles. The Labute approximate surface area is 117 Å². The molecule has 0 aromatic rings. The van der Waals surface area contributed by atoms with E-state index in [2.05, 4.69) is 6.58 Å². The molecule has 0 unspecified atom stereocenters. The maximum atomic E-state index is 9.49. The fourth-order valence-electron chi connectivity index (χ4n) is 0. The fraction of sp³-hybridized carbons (Fsp3) is 0.250. The summed E-state index contributed by atoms with van der Waals surface area (Å²) >= 11 is -3.11. The number of hydrogen-bond donors (Lipinski definition) is 0. The van der Waals surface area contributed by atoms with Gasteiger partial charge in [-0.1, -0.05) is 6.58 Å². The summed E-state index contributed by atoms with van der Waals surface area (Å²) in [5, 5.41) is 9.49. The molecule has 5 nitrogen and oxygen atoms in total. The summed E-state index contributed by atoms with van der Waals surface area (Å²) in [5.41, 5.74) is 0.0648. The van der Waals surface area contributed by atoms with Crippen LogP contribution in [0.4, 0.5) is 0 Å². The van der Waals surface area contributed by atoms with Gasteiger partial charge in [-0.25, -0.2) is 0 Å². The number of rotatable bonds is 1. The number of carbonyl (C=O) groups is 1. The fourth-order valence-corrected chi connectivity index (χ4v) is 0. The minimum Gasteiger partial charge on any atom is -0.784 e. The maximum Gasteiger partial charge on any atom is 1.00 e. The zero-order chi connectivity index (χ0) is 8.73. The first-order chi connectivity index (χ1) is 4.37. The first-order valence-electron chi connectivity index (χ1n) is 2.01. The van der Waals surface area contributed by atoms with Crippen LogP contribution >= 0.6 is 0 Å². The van der Waals surface area contributed by atoms with Gasteiger partial charge in [-0.15, -0.1) is 11.4 Å². The minimum atomic E-state index is -3.11. The van der Waals surface area contributed by atoms with Crippen LogP contribution in [-0.4, -0.2) is 19.3 Å². The average molecular weight is 211 g/mol. The summed E-state index contributed by atoms with van der Waals surface area (Å²) in [7, 11) is 0. The predicted octanol–water partition coefficient (Wildman–Crippen LogP) is -7.68. The molecular formula is C4H5Na2O5S-. The molecule has 12 heavy (non-hydrogen) atoms. The van der Waals surface area contributed by atoms with E-state index in [0.717, 1.165) is 0 Å². The van der Waals surface area contributed by atoms with E-state index in [-0.39, 0.29) is 64.7 Å². The van der Waals surface area contributed by atoms with Crippen LogP contribution in [0.3, 0.4) is 0 Å².